The summed E-state index contributed by atoms with van der Waals surface area (Å²) < 4.78 is 1.05. The second-order valence-electron chi connectivity index (χ2n) is 3.80. The van der Waals surface area contributed by atoms with Crippen molar-refractivity contribution in [2.75, 3.05) is 5.32 Å². The number of nitrogens with one attached hydrogen (secondary N) is 1. The van der Waals surface area contributed by atoms with Crippen LogP contribution < -0.4 is 5.32 Å². The maximum Gasteiger partial charge on any atom is 0.335 e. The van der Waals surface area contributed by atoms with E-state index < -0.39 is 5.97 Å². The van der Waals surface area contributed by atoms with Crippen molar-refractivity contribution < 1.29 is 14.7 Å². The van der Waals surface area contributed by atoms with Crippen LogP contribution in [0.15, 0.2) is 45.5 Å². The van der Waals surface area contributed by atoms with Gasteiger partial charge in [0.15, 0.2) is 0 Å². The quantitative estimate of drug-likeness (QED) is 0.773. The topological polar surface area (TPSA) is 79.3 Å². The van der Waals surface area contributed by atoms with Gasteiger partial charge in [-0.15, -0.1) is 0 Å². The molecule has 0 unspecified atom stereocenters. The third-order valence-electron chi connectivity index (χ3n) is 2.41. The molecule has 20 heavy (non-hydrogen) atoms. The van der Waals surface area contributed by atoms with Gasteiger partial charge in [0.1, 0.15) is 10.3 Å². The van der Waals surface area contributed by atoms with E-state index >= 15 is 0 Å². The van der Waals surface area contributed by atoms with Gasteiger partial charge in [0.05, 0.1) is 11.3 Å². The normalized spacial score (nSPS) is 10.1. The fourth-order valence-electron chi connectivity index (χ4n) is 1.47. The Labute approximate surface area is 131 Å². The minimum absolute atomic E-state index is 0.135. The molecular formula is C13H8Br2N2O3. The van der Waals surface area contributed by atoms with Crippen LogP contribution in [0.3, 0.4) is 0 Å². The number of aromatic carboxylic acids is 1. The Bertz CT molecular complexity index is 689. The largest absolute Gasteiger partial charge is 0.478 e. The van der Waals surface area contributed by atoms with E-state index in [1.165, 1.54) is 18.2 Å². The lowest BCUT2D eigenvalue weighted by atomic mass is 10.2. The van der Waals surface area contributed by atoms with Crippen LogP contribution in [0, 0.1) is 0 Å². The molecule has 0 saturated carbocycles. The van der Waals surface area contributed by atoms with E-state index in [9.17, 15) is 9.59 Å². The van der Waals surface area contributed by atoms with E-state index in [1.807, 2.05) is 0 Å². The van der Waals surface area contributed by atoms with Crippen molar-refractivity contribution in [2.45, 2.75) is 0 Å². The molecule has 7 heteroatoms. The summed E-state index contributed by atoms with van der Waals surface area (Å²) >= 11 is 6.41. The first kappa shape index (κ1) is 14.7. The molecule has 1 aromatic heterocycles. The number of carboxylic acids is 1. The first-order valence-electron chi connectivity index (χ1n) is 5.44. The van der Waals surface area contributed by atoms with Gasteiger partial charge in [0, 0.05) is 4.47 Å². The number of aromatic nitrogens is 1. The van der Waals surface area contributed by atoms with Gasteiger partial charge in [-0.3, -0.25) is 4.79 Å². The number of halogens is 2. The summed E-state index contributed by atoms with van der Waals surface area (Å²) in [5.74, 6) is -1.41. The van der Waals surface area contributed by atoms with Crippen LogP contribution in [0.4, 0.5) is 5.69 Å². The van der Waals surface area contributed by atoms with Crippen LogP contribution in [0.1, 0.15) is 20.8 Å². The Kier molecular flexibility index (Phi) is 4.51. The van der Waals surface area contributed by atoms with Gasteiger partial charge in [-0.2, -0.15) is 0 Å². The summed E-state index contributed by atoms with van der Waals surface area (Å²) in [5.41, 5.74) is 0.866. The molecule has 0 radical (unpaired) electrons. The Morgan fingerprint density at radius 2 is 1.90 bits per heavy atom. The molecule has 1 amide bonds. The summed E-state index contributed by atoms with van der Waals surface area (Å²) in [6.45, 7) is 0. The molecule has 102 valence electrons. The molecule has 5 nitrogen and oxygen atoms in total. The van der Waals surface area contributed by atoms with E-state index in [2.05, 4.69) is 42.2 Å². The maximum absolute atomic E-state index is 12.0. The van der Waals surface area contributed by atoms with Crippen LogP contribution >= 0.6 is 31.9 Å². The van der Waals surface area contributed by atoms with E-state index in [0.29, 0.717) is 14.8 Å². The van der Waals surface area contributed by atoms with Gasteiger partial charge in [0.2, 0.25) is 0 Å². The molecule has 0 bridgehead atoms. The minimum atomic E-state index is -1.03. The molecule has 2 rings (SSSR count). The fourth-order valence-corrected chi connectivity index (χ4v) is 2.29. The monoisotopic (exact) mass is 398 g/mol. The number of amides is 1. The number of nitrogens with zero attached hydrogens (tertiary/aromatic N) is 1. The number of carbonyl (C=O) groups excluding carboxylic acids is 1. The van der Waals surface area contributed by atoms with Crippen molar-refractivity contribution in [3.63, 3.8) is 0 Å². The van der Waals surface area contributed by atoms with Gasteiger partial charge >= 0.3 is 5.97 Å². The molecule has 0 saturated heterocycles. The average molecular weight is 400 g/mol. The van der Waals surface area contributed by atoms with Crippen molar-refractivity contribution in [1.82, 2.24) is 4.98 Å². The number of carbonyl (C=O) groups is 2. The average Bonchev–Trinajstić information content (AvgIpc) is 2.40. The number of anilines is 1. The summed E-state index contributed by atoms with van der Waals surface area (Å²) in [6, 6.07) is 9.36. The van der Waals surface area contributed by atoms with Crippen molar-refractivity contribution in [3.8, 4) is 0 Å². The van der Waals surface area contributed by atoms with Crippen molar-refractivity contribution >= 4 is 49.4 Å². The van der Waals surface area contributed by atoms with Crippen LogP contribution in [0.25, 0.3) is 0 Å². The second-order valence-corrected chi connectivity index (χ2v) is 5.47. The van der Waals surface area contributed by atoms with Crippen molar-refractivity contribution in [2.24, 2.45) is 0 Å². The van der Waals surface area contributed by atoms with E-state index in [0.717, 1.165) is 0 Å². The molecule has 0 spiro atoms. The number of benzene rings is 1. The Morgan fingerprint density at radius 3 is 2.50 bits per heavy atom. The minimum Gasteiger partial charge on any atom is -0.478 e. The van der Waals surface area contributed by atoms with Gasteiger partial charge < -0.3 is 10.4 Å². The number of carboxylic acid groups (broad SMARTS) is 1. The summed E-state index contributed by atoms with van der Waals surface area (Å²) in [4.78, 5) is 26.9. The number of rotatable bonds is 3. The molecule has 1 aromatic carbocycles. The van der Waals surface area contributed by atoms with Gasteiger partial charge in [-0.1, -0.05) is 6.07 Å². The highest BCUT2D eigenvalue weighted by Crippen LogP contribution is 2.24. The lowest BCUT2D eigenvalue weighted by molar-refractivity contribution is 0.0696. The first-order valence-corrected chi connectivity index (χ1v) is 7.03. The van der Waals surface area contributed by atoms with Crippen LogP contribution in [-0.4, -0.2) is 22.0 Å². The van der Waals surface area contributed by atoms with E-state index in [1.54, 1.807) is 18.2 Å². The molecule has 0 aliphatic heterocycles. The second kappa shape index (κ2) is 6.15. The highest BCUT2D eigenvalue weighted by Gasteiger charge is 2.12. The van der Waals surface area contributed by atoms with Crippen molar-refractivity contribution in [1.29, 1.82) is 0 Å². The Morgan fingerprint density at radius 1 is 1.15 bits per heavy atom. The van der Waals surface area contributed by atoms with E-state index in [-0.39, 0.29) is 17.2 Å². The lowest BCUT2D eigenvalue weighted by Gasteiger charge is -2.08. The Hall–Kier alpha value is -1.73. The molecular weight excluding hydrogens is 392 g/mol. The summed E-state index contributed by atoms with van der Waals surface area (Å²) in [5, 5.41) is 11.5. The molecule has 0 fully saturated rings. The van der Waals surface area contributed by atoms with Crippen LogP contribution in [0.2, 0.25) is 0 Å². The Balaban J connectivity index is 2.22. The van der Waals surface area contributed by atoms with Gasteiger partial charge in [-0.05, 0) is 62.2 Å². The van der Waals surface area contributed by atoms with Gasteiger partial charge in [0.25, 0.3) is 5.91 Å². The molecule has 0 aliphatic rings. The van der Waals surface area contributed by atoms with Gasteiger partial charge in [-0.25, -0.2) is 9.78 Å². The van der Waals surface area contributed by atoms with Crippen LogP contribution in [0.5, 0.6) is 0 Å². The number of pyridine rings is 1. The molecule has 1 heterocycles. The maximum atomic E-state index is 12.0. The highest BCUT2D eigenvalue weighted by atomic mass is 79.9. The van der Waals surface area contributed by atoms with E-state index in [4.69, 9.17) is 5.11 Å². The molecule has 2 aromatic rings. The highest BCUT2D eigenvalue weighted by molar-refractivity contribution is 9.10. The molecule has 0 atom stereocenters. The zero-order chi connectivity index (χ0) is 14.7. The fraction of sp³-hybridized carbons (Fsp3) is 0. The standard InChI is InChI=1S/C13H8Br2N2O3/c14-8-6-7(13(19)20)4-5-9(8)17-12(18)10-2-1-3-11(15)16-10/h1-6H,(H,17,18)(H,19,20). The summed E-state index contributed by atoms with van der Waals surface area (Å²) in [6.07, 6.45) is 0. The van der Waals surface area contributed by atoms with Crippen molar-refractivity contribution in [3.05, 3.63) is 56.7 Å². The zero-order valence-electron chi connectivity index (χ0n) is 9.93. The molecule has 0 aliphatic carbocycles. The molecule has 2 N–H and O–H groups in total. The SMILES string of the molecule is O=C(O)c1ccc(NC(=O)c2cccc(Br)n2)c(Br)c1. The number of hydrogen-bond acceptors (Lipinski definition) is 3. The zero-order valence-corrected chi connectivity index (χ0v) is 13.1. The summed E-state index contributed by atoms with van der Waals surface area (Å²) in [7, 11) is 0. The smallest absolute Gasteiger partial charge is 0.335 e. The predicted octanol–water partition coefficient (Wildman–Crippen LogP) is 3.56. The first-order chi connectivity index (χ1) is 9.47. The van der Waals surface area contributed by atoms with Crippen LogP contribution in [-0.2, 0) is 0 Å². The predicted molar refractivity (Wildman–Crippen MR) is 81.0 cm³/mol. The third kappa shape index (κ3) is 3.43. The lowest BCUT2D eigenvalue weighted by Crippen LogP contribution is -2.14. The third-order valence-corrected chi connectivity index (χ3v) is 3.51. The number of hydrogen-bond donors (Lipinski definition) is 2.